The van der Waals surface area contributed by atoms with Crippen molar-refractivity contribution in [1.82, 2.24) is 20.2 Å². The molecule has 3 aliphatic rings. The molecule has 2 saturated carbocycles. The van der Waals surface area contributed by atoms with Crippen LogP contribution in [0.5, 0.6) is 0 Å². The highest BCUT2D eigenvalue weighted by molar-refractivity contribution is 7.22. The maximum absolute atomic E-state index is 13.3. The zero-order valence-electron chi connectivity index (χ0n) is 17.4. The van der Waals surface area contributed by atoms with Gasteiger partial charge in [-0.1, -0.05) is 24.2 Å². The number of aromatic nitrogens is 2. The van der Waals surface area contributed by atoms with E-state index in [9.17, 15) is 14.9 Å². The maximum Gasteiger partial charge on any atom is 0.226 e. The summed E-state index contributed by atoms with van der Waals surface area (Å²) < 4.78 is 1.07. The fraction of sp³-hybridized carbons (Fsp3) is 0.591. The van der Waals surface area contributed by atoms with Crippen molar-refractivity contribution < 1.29 is 9.59 Å². The molecule has 2 aromatic heterocycles. The number of nitrogens with zero attached hydrogens (tertiary/aromatic N) is 5. The van der Waals surface area contributed by atoms with Gasteiger partial charge in [0.05, 0.1) is 10.8 Å². The van der Waals surface area contributed by atoms with Crippen molar-refractivity contribution in [2.75, 3.05) is 31.1 Å². The van der Waals surface area contributed by atoms with Crippen LogP contribution < -0.4 is 10.2 Å². The second kappa shape index (κ2) is 8.08. The minimum Gasteiger partial charge on any atom is -0.344 e. The van der Waals surface area contributed by atoms with Crippen LogP contribution in [0.4, 0.5) is 5.13 Å². The summed E-state index contributed by atoms with van der Waals surface area (Å²) in [7, 11) is 0. The van der Waals surface area contributed by atoms with Crippen LogP contribution in [0.1, 0.15) is 38.5 Å². The number of carbonyl (C=O) groups is 2. The molecular formula is C22H26N6O2S. The van der Waals surface area contributed by atoms with Crippen molar-refractivity contribution >= 4 is 38.6 Å². The number of rotatable bonds is 4. The van der Waals surface area contributed by atoms with Gasteiger partial charge in [0.25, 0.3) is 0 Å². The largest absolute Gasteiger partial charge is 0.344 e. The van der Waals surface area contributed by atoms with Crippen molar-refractivity contribution in [3.8, 4) is 6.07 Å². The lowest BCUT2D eigenvalue weighted by Crippen LogP contribution is -2.53. The Morgan fingerprint density at radius 2 is 1.90 bits per heavy atom. The van der Waals surface area contributed by atoms with Crippen molar-refractivity contribution in [2.24, 2.45) is 11.8 Å². The number of hydrogen-bond acceptors (Lipinski definition) is 7. The summed E-state index contributed by atoms with van der Waals surface area (Å²) in [6, 6.07) is 6.16. The van der Waals surface area contributed by atoms with Crippen LogP contribution in [0, 0.1) is 23.2 Å². The number of piperazine rings is 1. The van der Waals surface area contributed by atoms with E-state index < -0.39 is 5.54 Å². The van der Waals surface area contributed by atoms with Gasteiger partial charge in [-0.3, -0.25) is 9.59 Å². The minimum atomic E-state index is -0.681. The van der Waals surface area contributed by atoms with E-state index >= 15 is 0 Å². The third-order valence-electron chi connectivity index (χ3n) is 6.76. The van der Waals surface area contributed by atoms with Crippen molar-refractivity contribution in [1.29, 1.82) is 5.26 Å². The summed E-state index contributed by atoms with van der Waals surface area (Å²) in [5, 5.41) is 13.2. The fourth-order valence-electron chi connectivity index (χ4n) is 4.70. The van der Waals surface area contributed by atoms with Gasteiger partial charge in [-0.05, 0) is 37.8 Å². The summed E-state index contributed by atoms with van der Waals surface area (Å²) in [6.07, 6.45) is 6.58. The summed E-state index contributed by atoms with van der Waals surface area (Å²) >= 11 is 1.63. The number of nitrogens with one attached hydrogen (secondary N) is 1. The number of pyridine rings is 1. The number of thiazole rings is 1. The molecule has 1 saturated heterocycles. The molecule has 2 aliphatic carbocycles. The van der Waals surface area contributed by atoms with Gasteiger partial charge in [0, 0.05) is 44.2 Å². The first kappa shape index (κ1) is 20.2. The molecule has 9 heteroatoms. The monoisotopic (exact) mass is 438 g/mol. The Kier molecular flexibility index (Phi) is 5.26. The van der Waals surface area contributed by atoms with Gasteiger partial charge in [0.2, 0.25) is 11.8 Å². The molecule has 8 nitrogen and oxygen atoms in total. The standard InChI is InChI=1S/C22H26N6O2S/c23-14-22(7-8-22)26-19(29)15-4-1-2-5-16(15)20(30)27-10-12-28(13-11-27)21-25-18-17(31-21)6-3-9-24-18/h3,6,9,15-16H,1-2,4-5,7-8,10-13H2,(H,26,29)/t15-,16-/m1/s1. The highest BCUT2D eigenvalue weighted by Crippen LogP contribution is 2.37. The first-order valence-corrected chi connectivity index (χ1v) is 11.9. The molecule has 162 valence electrons. The molecule has 1 N–H and O–H groups in total. The van der Waals surface area contributed by atoms with Gasteiger partial charge in [0.1, 0.15) is 5.54 Å². The quantitative estimate of drug-likeness (QED) is 0.786. The molecule has 1 aliphatic heterocycles. The van der Waals surface area contributed by atoms with Gasteiger partial charge in [-0.2, -0.15) is 10.2 Å². The summed E-state index contributed by atoms with van der Waals surface area (Å²) in [4.78, 5) is 39.3. The third kappa shape index (κ3) is 3.97. The lowest BCUT2D eigenvalue weighted by Gasteiger charge is -2.39. The molecule has 5 rings (SSSR count). The van der Waals surface area contributed by atoms with Gasteiger partial charge >= 0.3 is 0 Å². The molecule has 2 aromatic rings. The first-order valence-electron chi connectivity index (χ1n) is 11.1. The fourth-order valence-corrected chi connectivity index (χ4v) is 5.68. The average Bonchev–Trinajstić information content (AvgIpc) is 3.45. The second-order valence-electron chi connectivity index (χ2n) is 8.81. The molecular weight excluding hydrogens is 412 g/mol. The Balaban J connectivity index is 1.22. The summed E-state index contributed by atoms with van der Waals surface area (Å²) in [5.41, 5.74) is 0.0859. The smallest absolute Gasteiger partial charge is 0.226 e. The first-order chi connectivity index (χ1) is 15.1. The molecule has 0 radical (unpaired) electrons. The van der Waals surface area contributed by atoms with E-state index in [0.717, 1.165) is 54.3 Å². The Bertz CT molecular complexity index is 1000. The molecule has 3 heterocycles. The van der Waals surface area contributed by atoms with Crippen LogP contribution in [-0.2, 0) is 9.59 Å². The van der Waals surface area contributed by atoms with Gasteiger partial charge in [-0.15, -0.1) is 0 Å². The number of amides is 2. The maximum atomic E-state index is 13.3. The molecule has 3 fully saturated rings. The van der Waals surface area contributed by atoms with Crippen LogP contribution in [0.15, 0.2) is 18.3 Å². The molecule has 0 unspecified atom stereocenters. The van der Waals surface area contributed by atoms with E-state index in [1.165, 1.54) is 0 Å². The van der Waals surface area contributed by atoms with E-state index in [-0.39, 0.29) is 23.7 Å². The second-order valence-corrected chi connectivity index (χ2v) is 9.82. The van der Waals surface area contributed by atoms with Crippen LogP contribution >= 0.6 is 11.3 Å². The number of carbonyl (C=O) groups excluding carboxylic acids is 2. The number of hydrogen-bond donors (Lipinski definition) is 1. The topological polar surface area (TPSA) is 102 Å². The predicted octanol–water partition coefficient (Wildman–Crippen LogP) is 2.32. The van der Waals surface area contributed by atoms with E-state index in [0.29, 0.717) is 25.9 Å². The average molecular weight is 439 g/mol. The van der Waals surface area contributed by atoms with Crippen LogP contribution in [0.2, 0.25) is 0 Å². The normalized spacial score (nSPS) is 25.1. The van der Waals surface area contributed by atoms with Crippen molar-refractivity contribution in [2.45, 2.75) is 44.1 Å². The Morgan fingerprint density at radius 3 is 2.58 bits per heavy atom. The zero-order valence-corrected chi connectivity index (χ0v) is 18.2. The SMILES string of the molecule is N#CC1(NC(=O)[C@@H]2CCCC[C@H]2C(=O)N2CCN(c3nc4ncccc4s3)CC2)CC1. The molecule has 0 spiro atoms. The van der Waals surface area contributed by atoms with E-state index in [4.69, 9.17) is 0 Å². The molecule has 2 atom stereocenters. The number of nitriles is 1. The van der Waals surface area contributed by atoms with E-state index in [1.54, 1.807) is 17.5 Å². The zero-order chi connectivity index (χ0) is 21.4. The number of fused-ring (bicyclic) bond motifs is 1. The molecule has 0 aromatic carbocycles. The lowest BCUT2D eigenvalue weighted by atomic mass is 9.77. The number of anilines is 1. The highest BCUT2D eigenvalue weighted by Gasteiger charge is 2.47. The Morgan fingerprint density at radius 1 is 1.16 bits per heavy atom. The third-order valence-corrected chi connectivity index (χ3v) is 7.83. The summed E-state index contributed by atoms with van der Waals surface area (Å²) in [5.74, 6) is -0.619. The van der Waals surface area contributed by atoms with Crippen LogP contribution in [0.3, 0.4) is 0 Å². The van der Waals surface area contributed by atoms with Crippen molar-refractivity contribution in [3.05, 3.63) is 18.3 Å². The van der Waals surface area contributed by atoms with Crippen LogP contribution in [-0.4, -0.2) is 58.4 Å². The predicted molar refractivity (Wildman–Crippen MR) is 117 cm³/mol. The van der Waals surface area contributed by atoms with Crippen LogP contribution in [0.25, 0.3) is 10.3 Å². The Hall–Kier alpha value is -2.73. The molecule has 31 heavy (non-hydrogen) atoms. The van der Waals surface area contributed by atoms with Crippen molar-refractivity contribution in [3.63, 3.8) is 0 Å². The summed E-state index contributed by atoms with van der Waals surface area (Å²) in [6.45, 7) is 2.73. The molecule has 2 amide bonds. The molecule has 0 bridgehead atoms. The lowest BCUT2D eigenvalue weighted by molar-refractivity contribution is -0.144. The van der Waals surface area contributed by atoms with Gasteiger partial charge < -0.3 is 15.1 Å². The Labute approximate surface area is 185 Å². The minimum absolute atomic E-state index is 0.0901. The van der Waals surface area contributed by atoms with Gasteiger partial charge in [0.15, 0.2) is 10.8 Å². The van der Waals surface area contributed by atoms with E-state index in [2.05, 4.69) is 26.3 Å². The highest BCUT2D eigenvalue weighted by atomic mass is 32.1. The van der Waals surface area contributed by atoms with E-state index in [1.807, 2.05) is 17.0 Å². The van der Waals surface area contributed by atoms with Gasteiger partial charge in [-0.25, -0.2) is 4.98 Å².